The summed E-state index contributed by atoms with van der Waals surface area (Å²) in [5, 5.41) is 0. The van der Waals surface area contributed by atoms with E-state index in [2.05, 4.69) is 13.8 Å². The van der Waals surface area contributed by atoms with Crippen molar-refractivity contribution in [2.75, 3.05) is 13.3 Å². The van der Waals surface area contributed by atoms with Gasteiger partial charge in [-0.15, -0.1) is 0 Å². The van der Waals surface area contributed by atoms with E-state index in [1.165, 1.54) is 0 Å². The molecule has 0 radical (unpaired) electrons. The van der Waals surface area contributed by atoms with Crippen molar-refractivity contribution in [2.45, 2.75) is 27.7 Å². The first-order valence-corrected chi connectivity index (χ1v) is 5.61. The highest BCUT2D eigenvalue weighted by Crippen LogP contribution is 2.29. The molecule has 2 nitrogen and oxygen atoms in total. The molecule has 0 saturated heterocycles. The van der Waals surface area contributed by atoms with Crippen molar-refractivity contribution in [3.63, 3.8) is 0 Å². The monoisotopic (exact) mass is 190 g/mol. The molecule has 0 aliphatic rings. The van der Waals surface area contributed by atoms with Crippen LogP contribution in [0.25, 0.3) is 0 Å². The number of rotatable bonds is 5. The molecule has 0 saturated carbocycles. The van der Waals surface area contributed by atoms with Gasteiger partial charge in [0.1, 0.15) is 5.78 Å². The summed E-state index contributed by atoms with van der Waals surface area (Å²) in [6.07, 6.45) is 0. The van der Waals surface area contributed by atoms with E-state index in [4.69, 9.17) is 4.52 Å². The van der Waals surface area contributed by atoms with Crippen LogP contribution in [0.2, 0.25) is 0 Å². The van der Waals surface area contributed by atoms with Gasteiger partial charge >= 0.3 is 0 Å². The molecule has 0 amide bonds. The van der Waals surface area contributed by atoms with Crippen LogP contribution < -0.4 is 0 Å². The van der Waals surface area contributed by atoms with Crippen LogP contribution in [0.4, 0.5) is 0 Å². The van der Waals surface area contributed by atoms with Crippen LogP contribution in [-0.2, 0) is 9.32 Å². The van der Waals surface area contributed by atoms with E-state index < -0.39 is 0 Å². The second kappa shape index (κ2) is 4.94. The van der Waals surface area contributed by atoms with Crippen LogP contribution in [0.5, 0.6) is 0 Å². The third-order valence-corrected chi connectivity index (χ3v) is 2.80. The Kier molecular flexibility index (Phi) is 4.96. The number of hydrogen-bond acceptors (Lipinski definition) is 2. The van der Waals surface area contributed by atoms with Crippen molar-refractivity contribution < 1.29 is 9.32 Å². The Labute approximate surface area is 76.9 Å². The minimum Gasteiger partial charge on any atom is -0.362 e. The lowest BCUT2D eigenvalue weighted by molar-refractivity contribution is -0.124. The Bertz CT molecular complexity index is 155. The lowest BCUT2D eigenvalue weighted by Gasteiger charge is -2.29. The zero-order valence-electron chi connectivity index (χ0n) is 8.60. The summed E-state index contributed by atoms with van der Waals surface area (Å²) in [6, 6.07) is 0. The van der Waals surface area contributed by atoms with Gasteiger partial charge < -0.3 is 4.52 Å². The summed E-state index contributed by atoms with van der Waals surface area (Å²) in [4.78, 5) is 11.1. The summed E-state index contributed by atoms with van der Waals surface area (Å²) in [5.41, 5.74) is -0.0329. The molecule has 0 spiro atoms. The molecule has 0 heterocycles. The summed E-state index contributed by atoms with van der Waals surface area (Å²) in [5.74, 6) is 0.317. The van der Waals surface area contributed by atoms with E-state index in [0.29, 0.717) is 15.4 Å². The summed E-state index contributed by atoms with van der Waals surface area (Å²) < 4.78 is 5.35. The zero-order valence-corrected chi connectivity index (χ0v) is 9.60. The molecule has 2 atom stereocenters. The molecule has 0 fully saturated rings. The Morgan fingerprint density at radius 3 is 2.42 bits per heavy atom. The van der Waals surface area contributed by atoms with E-state index in [-0.39, 0.29) is 17.1 Å². The standard InChI is InChI=1S/C9H19O2P/c1-7(8(2)10)9(3,4)6-11-12-5/h7,12H,6H2,1-5H3. The van der Waals surface area contributed by atoms with E-state index in [1.807, 2.05) is 13.6 Å². The van der Waals surface area contributed by atoms with E-state index in [9.17, 15) is 4.79 Å². The molecule has 0 aromatic rings. The minimum atomic E-state index is -0.0329. The molecule has 72 valence electrons. The van der Waals surface area contributed by atoms with E-state index in [0.717, 1.165) is 0 Å². The third-order valence-electron chi connectivity index (χ3n) is 2.37. The smallest absolute Gasteiger partial charge is 0.133 e. The maximum atomic E-state index is 11.1. The van der Waals surface area contributed by atoms with Crippen LogP contribution in [0, 0.1) is 11.3 Å². The van der Waals surface area contributed by atoms with Gasteiger partial charge in [-0.1, -0.05) is 20.8 Å². The maximum Gasteiger partial charge on any atom is 0.133 e. The number of ketones is 1. The van der Waals surface area contributed by atoms with Gasteiger partial charge in [0.05, 0.1) is 6.61 Å². The van der Waals surface area contributed by atoms with Crippen molar-refractivity contribution in [1.82, 2.24) is 0 Å². The molecular weight excluding hydrogens is 171 g/mol. The largest absolute Gasteiger partial charge is 0.362 e. The van der Waals surface area contributed by atoms with E-state index >= 15 is 0 Å². The number of carbonyl (C=O) groups excluding carboxylic acids is 1. The van der Waals surface area contributed by atoms with Crippen LogP contribution in [0.15, 0.2) is 0 Å². The second-order valence-electron chi connectivity index (χ2n) is 3.81. The Morgan fingerprint density at radius 1 is 1.58 bits per heavy atom. The van der Waals surface area contributed by atoms with Gasteiger partial charge in [0.2, 0.25) is 0 Å². The molecule has 2 unspecified atom stereocenters. The Morgan fingerprint density at radius 2 is 2.08 bits per heavy atom. The molecule has 0 N–H and O–H groups in total. The highest BCUT2D eigenvalue weighted by molar-refractivity contribution is 7.31. The zero-order chi connectivity index (χ0) is 9.78. The molecule has 0 aliphatic heterocycles. The third kappa shape index (κ3) is 3.64. The number of hydrogen-bond donors (Lipinski definition) is 0. The first-order valence-electron chi connectivity index (χ1n) is 4.21. The first kappa shape index (κ1) is 12.1. The SMILES string of the molecule is CPOCC(C)(C)C(C)C(C)=O. The van der Waals surface area contributed by atoms with Crippen molar-refractivity contribution in [2.24, 2.45) is 11.3 Å². The van der Waals surface area contributed by atoms with Crippen molar-refractivity contribution in [3.05, 3.63) is 0 Å². The molecule has 0 rings (SSSR count). The predicted octanol–water partition coefficient (Wildman–Crippen LogP) is 2.48. The van der Waals surface area contributed by atoms with Gasteiger partial charge in [-0.25, -0.2) is 0 Å². The van der Waals surface area contributed by atoms with Gasteiger partial charge in [0.25, 0.3) is 0 Å². The maximum absolute atomic E-state index is 11.1. The normalized spacial score (nSPS) is 15.4. The fourth-order valence-electron chi connectivity index (χ4n) is 0.933. The molecular formula is C9H19O2P. The van der Waals surface area contributed by atoms with Crippen molar-refractivity contribution in [1.29, 1.82) is 0 Å². The number of Topliss-reactive ketones (excluding diaryl/α,β-unsaturated/α-hetero) is 1. The molecule has 0 aromatic heterocycles. The average Bonchev–Trinajstić information content (AvgIpc) is 1.99. The number of carbonyl (C=O) groups is 1. The van der Waals surface area contributed by atoms with Crippen molar-refractivity contribution >= 4 is 14.6 Å². The second-order valence-corrected chi connectivity index (χ2v) is 4.51. The lowest BCUT2D eigenvalue weighted by atomic mass is 9.79. The Balaban J connectivity index is 4.08. The van der Waals surface area contributed by atoms with Gasteiger partial charge in [0.15, 0.2) is 0 Å². The van der Waals surface area contributed by atoms with Crippen LogP contribution >= 0.6 is 8.81 Å². The van der Waals surface area contributed by atoms with Gasteiger partial charge in [-0.05, 0) is 19.0 Å². The molecule has 3 heteroatoms. The highest BCUT2D eigenvalue weighted by Gasteiger charge is 2.29. The summed E-state index contributed by atoms with van der Waals surface area (Å²) in [7, 11) is 0.506. The van der Waals surface area contributed by atoms with Crippen LogP contribution in [0.1, 0.15) is 27.7 Å². The summed E-state index contributed by atoms with van der Waals surface area (Å²) in [6.45, 7) is 10.4. The fourth-order valence-corrected chi connectivity index (χ4v) is 1.45. The van der Waals surface area contributed by atoms with Gasteiger partial charge in [-0.2, -0.15) is 0 Å². The quantitative estimate of drug-likeness (QED) is 0.622. The topological polar surface area (TPSA) is 26.3 Å². The minimum absolute atomic E-state index is 0.0329. The molecule has 0 aliphatic carbocycles. The molecule has 0 aromatic carbocycles. The molecule has 0 bridgehead atoms. The van der Waals surface area contributed by atoms with Gasteiger partial charge in [-0.3, -0.25) is 4.79 Å². The molecule has 12 heavy (non-hydrogen) atoms. The van der Waals surface area contributed by atoms with Crippen LogP contribution in [-0.4, -0.2) is 19.1 Å². The van der Waals surface area contributed by atoms with E-state index in [1.54, 1.807) is 6.92 Å². The average molecular weight is 190 g/mol. The van der Waals surface area contributed by atoms with Gasteiger partial charge in [0, 0.05) is 14.7 Å². The predicted molar refractivity (Wildman–Crippen MR) is 53.8 cm³/mol. The lowest BCUT2D eigenvalue weighted by Crippen LogP contribution is -2.30. The highest BCUT2D eigenvalue weighted by atomic mass is 31.1. The fraction of sp³-hybridized carbons (Fsp3) is 0.889. The Hall–Kier alpha value is 0.0600. The first-order chi connectivity index (χ1) is 5.41. The van der Waals surface area contributed by atoms with Crippen molar-refractivity contribution in [3.8, 4) is 0 Å². The summed E-state index contributed by atoms with van der Waals surface area (Å²) >= 11 is 0. The van der Waals surface area contributed by atoms with Crippen LogP contribution in [0.3, 0.4) is 0 Å².